The number of hydrogen-bond donors (Lipinski definition) is 1. The number of aromatic nitrogens is 2. The molecule has 5 nitrogen and oxygen atoms in total. The molecule has 0 aliphatic heterocycles. The highest BCUT2D eigenvalue weighted by Crippen LogP contribution is 2.56. The molecule has 1 heterocycles. The lowest BCUT2D eigenvalue weighted by atomic mass is 9.78. The molecular formula is C21H27N3O2. The molecule has 1 aromatic carbocycles. The van der Waals surface area contributed by atoms with Gasteiger partial charge in [0.15, 0.2) is 0 Å². The van der Waals surface area contributed by atoms with Gasteiger partial charge in [0.1, 0.15) is 0 Å². The molecule has 0 unspecified atom stereocenters. The third-order valence-corrected chi connectivity index (χ3v) is 5.77. The molecule has 0 spiro atoms. The molecule has 1 amide bonds. The molecule has 5 heteroatoms. The number of rotatable bonds is 4. The Labute approximate surface area is 154 Å². The average Bonchev–Trinajstić information content (AvgIpc) is 3.34. The Kier molecular flexibility index (Phi) is 4.33. The van der Waals surface area contributed by atoms with Crippen molar-refractivity contribution in [3.05, 3.63) is 36.2 Å². The van der Waals surface area contributed by atoms with E-state index in [1.165, 1.54) is 0 Å². The van der Waals surface area contributed by atoms with Gasteiger partial charge in [-0.2, -0.15) is 4.98 Å². The summed E-state index contributed by atoms with van der Waals surface area (Å²) in [6.07, 6.45) is 3.39. The van der Waals surface area contributed by atoms with Crippen LogP contribution in [0.25, 0.3) is 11.4 Å². The first kappa shape index (κ1) is 17.3. The maximum absolute atomic E-state index is 12.9. The van der Waals surface area contributed by atoms with E-state index in [0.717, 1.165) is 24.8 Å². The summed E-state index contributed by atoms with van der Waals surface area (Å²) in [6, 6.07) is 9.85. The maximum Gasteiger partial charge on any atom is 0.231 e. The molecule has 0 saturated heterocycles. The summed E-state index contributed by atoms with van der Waals surface area (Å²) >= 11 is 0. The van der Waals surface area contributed by atoms with Gasteiger partial charge in [-0.05, 0) is 36.5 Å². The number of hydrogen-bond acceptors (Lipinski definition) is 4. The number of fused-ring (bicyclic) bond motifs is 2. The number of carbonyl (C=O) groups is 1. The standard InChI is InChI=1S/C21H27N3O2/c1-21(2,3)12-22-19(25)16-14-9-10-15(11-14)17(16)20-23-18(24-26-20)13-7-5-4-6-8-13/h4-8,14-17H,9-12H2,1-3H3,(H,22,25)/t14-,15+,16-,17-/m0/s1. The molecule has 2 bridgehead atoms. The molecule has 2 fully saturated rings. The van der Waals surface area contributed by atoms with Crippen LogP contribution in [-0.4, -0.2) is 22.6 Å². The molecule has 2 aliphatic rings. The minimum Gasteiger partial charge on any atom is -0.355 e. The predicted molar refractivity (Wildman–Crippen MR) is 99.3 cm³/mol. The minimum absolute atomic E-state index is 0.0415. The van der Waals surface area contributed by atoms with E-state index in [1.54, 1.807) is 0 Å². The molecule has 4 atom stereocenters. The van der Waals surface area contributed by atoms with E-state index in [1.807, 2.05) is 30.3 Å². The SMILES string of the molecule is CC(C)(C)CNC(=O)[C@H]1[C@H]2CC[C@H](C2)[C@@H]1c1nc(-c2ccccc2)no1. The fourth-order valence-electron chi connectivity index (χ4n) is 4.57. The number of nitrogens with one attached hydrogen (secondary N) is 1. The zero-order valence-corrected chi connectivity index (χ0v) is 15.7. The van der Waals surface area contributed by atoms with E-state index >= 15 is 0 Å². The monoisotopic (exact) mass is 353 g/mol. The van der Waals surface area contributed by atoms with Crippen molar-refractivity contribution in [3.63, 3.8) is 0 Å². The quantitative estimate of drug-likeness (QED) is 0.901. The first-order valence-corrected chi connectivity index (χ1v) is 9.59. The Balaban J connectivity index is 1.56. The van der Waals surface area contributed by atoms with Crippen LogP contribution in [-0.2, 0) is 4.79 Å². The third kappa shape index (κ3) is 3.27. The van der Waals surface area contributed by atoms with Crippen LogP contribution in [0.1, 0.15) is 51.8 Å². The Bertz CT molecular complexity index is 778. The van der Waals surface area contributed by atoms with Crippen LogP contribution in [0.15, 0.2) is 34.9 Å². The first-order valence-electron chi connectivity index (χ1n) is 9.59. The number of benzene rings is 1. The van der Waals surface area contributed by atoms with Gasteiger partial charge in [0.05, 0.1) is 11.8 Å². The van der Waals surface area contributed by atoms with Crippen LogP contribution in [0.2, 0.25) is 0 Å². The second-order valence-corrected chi connectivity index (χ2v) is 8.99. The van der Waals surface area contributed by atoms with E-state index < -0.39 is 0 Å². The van der Waals surface area contributed by atoms with Gasteiger partial charge in [0.25, 0.3) is 0 Å². The van der Waals surface area contributed by atoms with Crippen LogP contribution in [0, 0.1) is 23.2 Å². The second kappa shape index (κ2) is 6.53. The molecule has 1 aromatic heterocycles. The first-order chi connectivity index (χ1) is 12.4. The van der Waals surface area contributed by atoms with Gasteiger partial charge in [-0.3, -0.25) is 4.79 Å². The molecule has 4 rings (SSSR count). The molecule has 2 aliphatic carbocycles. The van der Waals surface area contributed by atoms with Crippen LogP contribution < -0.4 is 5.32 Å². The normalized spacial score (nSPS) is 27.7. The number of carbonyl (C=O) groups excluding carboxylic acids is 1. The molecule has 2 aromatic rings. The van der Waals surface area contributed by atoms with Crippen molar-refractivity contribution in [1.82, 2.24) is 15.5 Å². The van der Waals surface area contributed by atoms with Crippen LogP contribution >= 0.6 is 0 Å². The van der Waals surface area contributed by atoms with Gasteiger partial charge in [-0.1, -0.05) is 56.3 Å². The van der Waals surface area contributed by atoms with Crippen molar-refractivity contribution in [2.45, 2.75) is 46.0 Å². The Morgan fingerprint density at radius 2 is 1.92 bits per heavy atom. The number of nitrogens with zero attached hydrogens (tertiary/aromatic N) is 2. The zero-order chi connectivity index (χ0) is 18.3. The fraction of sp³-hybridized carbons (Fsp3) is 0.571. The summed E-state index contributed by atoms with van der Waals surface area (Å²) < 4.78 is 5.64. The lowest BCUT2D eigenvalue weighted by molar-refractivity contribution is -0.127. The lowest BCUT2D eigenvalue weighted by Gasteiger charge is -2.29. The van der Waals surface area contributed by atoms with Crippen molar-refractivity contribution in [2.24, 2.45) is 23.2 Å². The van der Waals surface area contributed by atoms with E-state index in [0.29, 0.717) is 30.1 Å². The zero-order valence-electron chi connectivity index (χ0n) is 15.7. The molecule has 2 saturated carbocycles. The van der Waals surface area contributed by atoms with Gasteiger partial charge in [0, 0.05) is 12.1 Å². The average molecular weight is 353 g/mol. The topological polar surface area (TPSA) is 68.0 Å². The lowest BCUT2D eigenvalue weighted by Crippen LogP contribution is -2.41. The number of amides is 1. The summed E-state index contributed by atoms with van der Waals surface area (Å²) in [7, 11) is 0. The maximum atomic E-state index is 12.9. The van der Waals surface area contributed by atoms with E-state index in [-0.39, 0.29) is 23.2 Å². The van der Waals surface area contributed by atoms with Crippen molar-refractivity contribution in [1.29, 1.82) is 0 Å². The van der Waals surface area contributed by atoms with Crippen molar-refractivity contribution >= 4 is 5.91 Å². The van der Waals surface area contributed by atoms with E-state index in [2.05, 4.69) is 36.2 Å². The highest BCUT2D eigenvalue weighted by molar-refractivity contribution is 5.80. The van der Waals surface area contributed by atoms with Gasteiger partial charge in [-0.25, -0.2) is 0 Å². The largest absolute Gasteiger partial charge is 0.355 e. The summed E-state index contributed by atoms with van der Waals surface area (Å²) in [5.74, 6) is 2.33. The Morgan fingerprint density at radius 3 is 2.65 bits per heavy atom. The second-order valence-electron chi connectivity index (χ2n) is 8.99. The van der Waals surface area contributed by atoms with Crippen molar-refractivity contribution in [3.8, 4) is 11.4 Å². The summed E-state index contributed by atoms with van der Waals surface area (Å²) in [5.41, 5.74) is 1.02. The van der Waals surface area contributed by atoms with Crippen LogP contribution in [0.4, 0.5) is 0 Å². The smallest absolute Gasteiger partial charge is 0.231 e. The Hall–Kier alpha value is -2.17. The van der Waals surface area contributed by atoms with E-state index in [4.69, 9.17) is 4.52 Å². The predicted octanol–water partition coefficient (Wildman–Crippen LogP) is 4.03. The molecular weight excluding hydrogens is 326 g/mol. The minimum atomic E-state index is -0.0415. The third-order valence-electron chi connectivity index (χ3n) is 5.77. The fourth-order valence-corrected chi connectivity index (χ4v) is 4.57. The van der Waals surface area contributed by atoms with Crippen LogP contribution in [0.5, 0.6) is 0 Å². The summed E-state index contributed by atoms with van der Waals surface area (Å²) in [6.45, 7) is 7.09. The van der Waals surface area contributed by atoms with Gasteiger partial charge in [-0.15, -0.1) is 0 Å². The van der Waals surface area contributed by atoms with Gasteiger partial charge in [0.2, 0.25) is 17.6 Å². The molecule has 0 radical (unpaired) electrons. The highest BCUT2D eigenvalue weighted by Gasteiger charge is 2.53. The van der Waals surface area contributed by atoms with Crippen LogP contribution in [0.3, 0.4) is 0 Å². The molecule has 1 N–H and O–H groups in total. The Morgan fingerprint density at radius 1 is 1.19 bits per heavy atom. The van der Waals surface area contributed by atoms with Gasteiger partial charge < -0.3 is 9.84 Å². The van der Waals surface area contributed by atoms with E-state index in [9.17, 15) is 4.79 Å². The molecule has 26 heavy (non-hydrogen) atoms. The highest BCUT2D eigenvalue weighted by atomic mass is 16.5. The summed E-state index contributed by atoms with van der Waals surface area (Å²) in [5, 5.41) is 7.33. The summed E-state index contributed by atoms with van der Waals surface area (Å²) in [4.78, 5) is 17.6. The molecule has 138 valence electrons. The van der Waals surface area contributed by atoms with Crippen molar-refractivity contribution < 1.29 is 9.32 Å². The van der Waals surface area contributed by atoms with Crippen molar-refractivity contribution in [2.75, 3.05) is 6.54 Å². The van der Waals surface area contributed by atoms with Gasteiger partial charge >= 0.3 is 0 Å².